The van der Waals surface area contributed by atoms with Gasteiger partial charge in [0.1, 0.15) is 5.25 Å². The summed E-state index contributed by atoms with van der Waals surface area (Å²) in [5.41, 5.74) is 1.27. The Morgan fingerprint density at radius 3 is 2.59 bits per heavy atom. The molecule has 0 aromatic heterocycles. The average molecular weight is 407 g/mol. The van der Waals surface area contributed by atoms with E-state index in [0.29, 0.717) is 18.4 Å². The average Bonchev–Trinajstić information content (AvgIpc) is 2.53. The van der Waals surface area contributed by atoms with Gasteiger partial charge in [0.05, 0.1) is 6.04 Å². The first-order valence-corrected chi connectivity index (χ1v) is 10.3. The van der Waals surface area contributed by atoms with Crippen molar-refractivity contribution < 1.29 is 22.5 Å². The second-order valence-corrected chi connectivity index (χ2v) is 8.94. The predicted molar refractivity (Wildman–Crippen MR) is 103 cm³/mol. The molecule has 0 heterocycles. The first kappa shape index (κ1) is 23.8. The summed E-state index contributed by atoms with van der Waals surface area (Å²) in [6, 6.07) is -0.487. The highest BCUT2D eigenvalue weighted by molar-refractivity contribution is 7.90. The van der Waals surface area contributed by atoms with Crippen LogP contribution in [0.4, 0.5) is 13.2 Å². The summed E-state index contributed by atoms with van der Waals surface area (Å²) in [7, 11) is 0. The Labute approximate surface area is 162 Å². The molecule has 0 saturated carbocycles. The van der Waals surface area contributed by atoms with Crippen molar-refractivity contribution in [2.45, 2.75) is 76.4 Å². The fourth-order valence-electron chi connectivity index (χ4n) is 2.62. The van der Waals surface area contributed by atoms with Crippen molar-refractivity contribution in [3.05, 3.63) is 36.0 Å². The highest BCUT2D eigenvalue weighted by atomic mass is 32.2. The van der Waals surface area contributed by atoms with Crippen molar-refractivity contribution in [3.63, 3.8) is 0 Å². The van der Waals surface area contributed by atoms with Crippen LogP contribution in [-0.2, 0) is 16.2 Å². The number of alkyl halides is 3. The number of halogens is 3. The number of hydrogen-bond donors (Lipinski definition) is 2. The molecule has 1 rings (SSSR count). The molecule has 2 N–H and O–H groups in total. The summed E-state index contributed by atoms with van der Waals surface area (Å²) >= 11 is -1.15. The van der Waals surface area contributed by atoms with Crippen LogP contribution in [-0.4, -0.2) is 34.0 Å². The highest BCUT2D eigenvalue weighted by Crippen LogP contribution is 2.24. The van der Waals surface area contributed by atoms with E-state index in [4.69, 9.17) is 0 Å². The number of nitrogens with one attached hydrogen (secondary N) is 2. The van der Waals surface area contributed by atoms with Gasteiger partial charge in [-0.1, -0.05) is 23.8 Å². The lowest BCUT2D eigenvalue weighted by Crippen LogP contribution is -2.39. The molecule has 154 valence electrons. The van der Waals surface area contributed by atoms with Crippen LogP contribution in [0.1, 0.15) is 52.9 Å². The van der Waals surface area contributed by atoms with Gasteiger partial charge in [0.25, 0.3) is 5.91 Å². The van der Waals surface area contributed by atoms with Gasteiger partial charge in [-0.15, -0.1) is 11.3 Å². The monoisotopic (exact) mass is 406 g/mol. The first-order valence-electron chi connectivity index (χ1n) is 9.05. The maximum Gasteiger partial charge on any atom is 0.389 e. The van der Waals surface area contributed by atoms with Gasteiger partial charge in [0.2, 0.25) is 0 Å². The minimum absolute atomic E-state index is 0.00771. The molecule has 4 nitrogen and oxygen atoms in total. The summed E-state index contributed by atoms with van der Waals surface area (Å²) in [6.45, 7) is 9.27. The fraction of sp³-hybridized carbons (Fsp3) is 0.632. The smallest absolute Gasteiger partial charge is 0.389 e. The standard InChI is InChI=1S/C19H29F3N2O2S/c1-13(2)12-17(6-5-11-19(20,21)22)23-18(25)15-7-9-16(10-8-15)24-27(26)14(3)4/h7-9,14,16-17,24H,1,5-6,10-12H2,2-4H3,(H,23,25). The van der Waals surface area contributed by atoms with Gasteiger partial charge in [-0.3, -0.25) is 4.79 Å². The third kappa shape index (κ3) is 10.0. The molecule has 1 aliphatic rings. The molecule has 27 heavy (non-hydrogen) atoms. The van der Waals surface area contributed by atoms with Crippen LogP contribution in [0.5, 0.6) is 0 Å². The summed E-state index contributed by atoms with van der Waals surface area (Å²) in [6.07, 6.45) is 1.31. The Morgan fingerprint density at radius 1 is 1.44 bits per heavy atom. The lowest BCUT2D eigenvalue weighted by Gasteiger charge is -2.23. The zero-order valence-corrected chi connectivity index (χ0v) is 16.9. The minimum atomic E-state index is -4.19. The van der Waals surface area contributed by atoms with Gasteiger partial charge in [-0.2, -0.15) is 13.2 Å². The molecule has 3 atom stereocenters. The second kappa shape index (κ2) is 10.9. The van der Waals surface area contributed by atoms with Crippen LogP contribution in [0.15, 0.2) is 36.0 Å². The van der Waals surface area contributed by atoms with Gasteiger partial charge in [-0.05, 0) is 46.5 Å². The number of carbonyl (C=O) groups excluding carboxylic acids is 1. The van der Waals surface area contributed by atoms with E-state index in [0.717, 1.165) is 5.57 Å². The lowest BCUT2D eigenvalue weighted by molar-refractivity contribution is -0.135. The van der Waals surface area contributed by atoms with Crippen LogP contribution in [0.2, 0.25) is 0 Å². The molecule has 1 amide bonds. The molecule has 8 heteroatoms. The zero-order chi connectivity index (χ0) is 20.6. The normalized spacial score (nSPS) is 19.6. The third-order valence-electron chi connectivity index (χ3n) is 4.00. The van der Waals surface area contributed by atoms with Crippen LogP contribution < -0.4 is 10.0 Å². The second-order valence-electron chi connectivity index (χ2n) is 7.16. The highest BCUT2D eigenvalue weighted by Gasteiger charge is 2.27. The number of hydrogen-bond acceptors (Lipinski definition) is 3. The predicted octanol–water partition coefficient (Wildman–Crippen LogP) is 4.09. The molecule has 0 aromatic rings. The minimum Gasteiger partial charge on any atom is -0.598 e. The Kier molecular flexibility index (Phi) is 9.62. The summed E-state index contributed by atoms with van der Waals surface area (Å²) in [5, 5.41) is 2.80. The van der Waals surface area contributed by atoms with Gasteiger partial charge in [0.15, 0.2) is 0 Å². The zero-order valence-electron chi connectivity index (χ0n) is 16.1. The van der Waals surface area contributed by atoms with Gasteiger partial charge in [0, 0.05) is 29.4 Å². The van der Waals surface area contributed by atoms with Crippen LogP contribution >= 0.6 is 0 Å². The van der Waals surface area contributed by atoms with Crippen molar-refractivity contribution in [2.75, 3.05) is 0 Å². The van der Waals surface area contributed by atoms with E-state index in [2.05, 4.69) is 16.6 Å². The lowest BCUT2D eigenvalue weighted by atomic mass is 10.00. The Bertz CT molecular complexity index is 574. The van der Waals surface area contributed by atoms with Gasteiger partial charge >= 0.3 is 6.18 Å². The Morgan fingerprint density at radius 2 is 2.11 bits per heavy atom. The third-order valence-corrected chi connectivity index (χ3v) is 5.39. The van der Waals surface area contributed by atoms with Crippen molar-refractivity contribution >= 4 is 17.3 Å². The molecule has 3 unspecified atom stereocenters. The maximum absolute atomic E-state index is 12.4. The summed E-state index contributed by atoms with van der Waals surface area (Å²) < 4.78 is 51.8. The number of carbonyl (C=O) groups is 1. The SMILES string of the molecule is C=C(C)CC(CCCC(F)(F)F)NC(=O)C1=CCC(N[S+]([O-])C(C)C)C=C1. The van der Waals surface area contributed by atoms with Crippen LogP contribution in [0, 0.1) is 0 Å². The summed E-state index contributed by atoms with van der Waals surface area (Å²) in [4.78, 5) is 12.4. The molecule has 0 bridgehead atoms. The molecule has 0 aromatic carbocycles. The van der Waals surface area contributed by atoms with Crippen LogP contribution in [0.3, 0.4) is 0 Å². The molecule has 1 aliphatic carbocycles. The molecular formula is C19H29F3N2O2S. The fourth-order valence-corrected chi connectivity index (χ4v) is 3.37. The van der Waals surface area contributed by atoms with Crippen molar-refractivity contribution in [3.8, 4) is 0 Å². The quantitative estimate of drug-likeness (QED) is 0.424. The first-order chi connectivity index (χ1) is 12.5. The molecule has 0 saturated heterocycles. The van der Waals surface area contributed by atoms with Crippen molar-refractivity contribution in [2.24, 2.45) is 0 Å². The van der Waals surface area contributed by atoms with E-state index in [-0.39, 0.29) is 36.1 Å². The van der Waals surface area contributed by atoms with Crippen molar-refractivity contribution in [1.29, 1.82) is 0 Å². The number of amides is 1. The van der Waals surface area contributed by atoms with E-state index in [1.807, 2.05) is 13.8 Å². The molecule has 0 fully saturated rings. The summed E-state index contributed by atoms with van der Waals surface area (Å²) in [5.74, 6) is -0.312. The Hall–Kier alpha value is -1.25. The molecule has 0 aliphatic heterocycles. The maximum atomic E-state index is 12.4. The molecule has 0 radical (unpaired) electrons. The van der Waals surface area contributed by atoms with E-state index in [1.54, 1.807) is 25.2 Å². The van der Waals surface area contributed by atoms with E-state index in [1.165, 1.54) is 0 Å². The largest absolute Gasteiger partial charge is 0.598 e. The van der Waals surface area contributed by atoms with E-state index >= 15 is 0 Å². The van der Waals surface area contributed by atoms with Gasteiger partial charge < -0.3 is 9.87 Å². The topological polar surface area (TPSA) is 64.2 Å². The Balaban J connectivity index is 2.56. The van der Waals surface area contributed by atoms with Crippen molar-refractivity contribution in [1.82, 2.24) is 10.0 Å². The van der Waals surface area contributed by atoms with Crippen LogP contribution in [0.25, 0.3) is 0 Å². The molecule has 0 spiro atoms. The molecular weight excluding hydrogens is 377 g/mol. The van der Waals surface area contributed by atoms with E-state index < -0.39 is 24.0 Å². The van der Waals surface area contributed by atoms with E-state index in [9.17, 15) is 22.5 Å². The van der Waals surface area contributed by atoms with Gasteiger partial charge in [-0.25, -0.2) is 0 Å². The number of rotatable bonds is 10.